The molecule has 0 aromatic heterocycles. The maximum atomic E-state index is 8.58. The van der Waals surface area contributed by atoms with Crippen LogP contribution in [-0.4, -0.2) is 35.6 Å². The first-order valence-electron chi connectivity index (χ1n) is 6.01. The molecule has 1 aliphatic carbocycles. The maximum Gasteiger partial charge on any atom is 0.153 e. The van der Waals surface area contributed by atoms with Crippen molar-refractivity contribution in [2.24, 2.45) is 10.9 Å². The van der Waals surface area contributed by atoms with Gasteiger partial charge in [-0.15, -0.1) is 0 Å². The number of likely N-dealkylation sites (N-methyl/N-ethyl adjacent to an activating group) is 1. The predicted molar refractivity (Wildman–Crippen MR) is 68.4 cm³/mol. The molecule has 0 radical (unpaired) electrons. The molecule has 0 saturated carbocycles. The third kappa shape index (κ3) is 2.58. The van der Waals surface area contributed by atoms with Crippen molar-refractivity contribution < 1.29 is 5.21 Å². The number of hydrogen-bond donors (Lipinski definition) is 2. The standard InChI is InChI=1S/C13H19N3O/c1-2-16(9-13(14)15-17)8-11-7-10-5-3-4-6-12(10)11/h3-6,11,17H,2,7-9H2,1H3,(H2,14,15). The van der Waals surface area contributed by atoms with Crippen molar-refractivity contribution in [1.82, 2.24) is 4.90 Å². The van der Waals surface area contributed by atoms with Crippen LogP contribution in [0.15, 0.2) is 29.4 Å². The topological polar surface area (TPSA) is 61.8 Å². The molecule has 4 heteroatoms. The Labute approximate surface area is 102 Å². The van der Waals surface area contributed by atoms with Gasteiger partial charge in [0.15, 0.2) is 5.84 Å². The molecule has 3 N–H and O–H groups in total. The molecule has 4 nitrogen and oxygen atoms in total. The molecule has 92 valence electrons. The van der Waals surface area contributed by atoms with Gasteiger partial charge in [-0.3, -0.25) is 4.90 Å². The van der Waals surface area contributed by atoms with Crippen molar-refractivity contribution in [3.8, 4) is 0 Å². The molecule has 0 fully saturated rings. The van der Waals surface area contributed by atoms with E-state index >= 15 is 0 Å². The van der Waals surface area contributed by atoms with E-state index in [-0.39, 0.29) is 5.84 Å². The van der Waals surface area contributed by atoms with Crippen LogP contribution >= 0.6 is 0 Å². The molecule has 1 atom stereocenters. The van der Waals surface area contributed by atoms with E-state index in [1.807, 2.05) is 0 Å². The number of amidine groups is 1. The molecule has 1 unspecified atom stereocenters. The van der Waals surface area contributed by atoms with E-state index in [4.69, 9.17) is 10.9 Å². The third-order valence-corrected chi connectivity index (χ3v) is 3.40. The number of benzene rings is 1. The largest absolute Gasteiger partial charge is 0.409 e. The van der Waals surface area contributed by atoms with Gasteiger partial charge in [0.05, 0.1) is 6.54 Å². The fraction of sp³-hybridized carbons (Fsp3) is 0.462. The maximum absolute atomic E-state index is 8.58. The first-order chi connectivity index (χ1) is 8.24. The highest BCUT2D eigenvalue weighted by atomic mass is 16.4. The monoisotopic (exact) mass is 233 g/mol. The van der Waals surface area contributed by atoms with Crippen molar-refractivity contribution >= 4 is 5.84 Å². The van der Waals surface area contributed by atoms with Crippen LogP contribution in [0, 0.1) is 0 Å². The Morgan fingerprint density at radius 2 is 2.29 bits per heavy atom. The summed E-state index contributed by atoms with van der Waals surface area (Å²) in [5.74, 6) is 0.872. The number of fused-ring (bicyclic) bond motifs is 1. The highest BCUT2D eigenvalue weighted by Crippen LogP contribution is 2.35. The summed E-state index contributed by atoms with van der Waals surface area (Å²) in [7, 11) is 0. The van der Waals surface area contributed by atoms with E-state index in [0.717, 1.165) is 19.5 Å². The van der Waals surface area contributed by atoms with Crippen LogP contribution in [0.25, 0.3) is 0 Å². The summed E-state index contributed by atoms with van der Waals surface area (Å²) >= 11 is 0. The van der Waals surface area contributed by atoms with Crippen LogP contribution in [0.1, 0.15) is 24.0 Å². The molecule has 0 aliphatic heterocycles. The van der Waals surface area contributed by atoms with Crippen molar-refractivity contribution in [2.45, 2.75) is 19.3 Å². The second kappa shape index (κ2) is 5.19. The normalized spacial score (nSPS) is 18.9. The molecule has 1 aliphatic rings. The average molecular weight is 233 g/mol. The molecule has 2 rings (SSSR count). The highest BCUT2D eigenvalue weighted by molar-refractivity contribution is 5.81. The van der Waals surface area contributed by atoms with Crippen LogP contribution in [0.3, 0.4) is 0 Å². The minimum atomic E-state index is 0.277. The van der Waals surface area contributed by atoms with Gasteiger partial charge in [0.1, 0.15) is 0 Å². The zero-order valence-corrected chi connectivity index (χ0v) is 10.1. The molecule has 17 heavy (non-hydrogen) atoms. The molecule has 0 saturated heterocycles. The lowest BCUT2D eigenvalue weighted by molar-refractivity contribution is 0.280. The van der Waals surface area contributed by atoms with E-state index in [9.17, 15) is 0 Å². The molecular weight excluding hydrogens is 214 g/mol. The lowest BCUT2D eigenvalue weighted by Crippen LogP contribution is -2.39. The number of oxime groups is 1. The summed E-state index contributed by atoms with van der Waals surface area (Å²) in [4.78, 5) is 2.20. The summed E-state index contributed by atoms with van der Waals surface area (Å²) in [5, 5.41) is 11.6. The zero-order valence-electron chi connectivity index (χ0n) is 10.1. The van der Waals surface area contributed by atoms with E-state index < -0.39 is 0 Å². The molecule has 1 aromatic carbocycles. The SMILES string of the molecule is CCN(CC(N)=NO)CC1Cc2ccccc21. The van der Waals surface area contributed by atoms with Crippen LogP contribution < -0.4 is 5.73 Å². The first kappa shape index (κ1) is 11.9. The van der Waals surface area contributed by atoms with E-state index in [1.54, 1.807) is 0 Å². The number of nitrogens with zero attached hydrogens (tertiary/aromatic N) is 2. The number of hydrogen-bond acceptors (Lipinski definition) is 3. The van der Waals surface area contributed by atoms with E-state index in [1.165, 1.54) is 11.1 Å². The second-order valence-corrected chi connectivity index (χ2v) is 4.52. The van der Waals surface area contributed by atoms with Crippen molar-refractivity contribution in [2.75, 3.05) is 19.6 Å². The van der Waals surface area contributed by atoms with Gasteiger partial charge in [0.2, 0.25) is 0 Å². The minimum Gasteiger partial charge on any atom is -0.409 e. The smallest absolute Gasteiger partial charge is 0.153 e. The van der Waals surface area contributed by atoms with Crippen LogP contribution in [0.2, 0.25) is 0 Å². The Kier molecular flexibility index (Phi) is 3.64. The Balaban J connectivity index is 1.94. The van der Waals surface area contributed by atoms with Crippen LogP contribution in [0.5, 0.6) is 0 Å². The fourth-order valence-corrected chi connectivity index (χ4v) is 2.40. The minimum absolute atomic E-state index is 0.277. The Morgan fingerprint density at radius 1 is 1.53 bits per heavy atom. The average Bonchev–Trinajstić information content (AvgIpc) is 2.34. The van der Waals surface area contributed by atoms with Crippen molar-refractivity contribution in [1.29, 1.82) is 0 Å². The lowest BCUT2D eigenvalue weighted by atomic mass is 9.77. The lowest BCUT2D eigenvalue weighted by Gasteiger charge is -2.34. The second-order valence-electron chi connectivity index (χ2n) is 4.52. The molecule has 0 bridgehead atoms. The van der Waals surface area contributed by atoms with Gasteiger partial charge >= 0.3 is 0 Å². The van der Waals surface area contributed by atoms with Gasteiger partial charge < -0.3 is 10.9 Å². The van der Waals surface area contributed by atoms with E-state index in [2.05, 4.69) is 41.2 Å². The fourth-order valence-electron chi connectivity index (χ4n) is 2.40. The van der Waals surface area contributed by atoms with E-state index in [0.29, 0.717) is 12.5 Å². The molecule has 0 spiro atoms. The predicted octanol–water partition coefficient (Wildman–Crippen LogP) is 1.39. The number of rotatable bonds is 5. The van der Waals surface area contributed by atoms with Gasteiger partial charge in [0.25, 0.3) is 0 Å². The van der Waals surface area contributed by atoms with Gasteiger partial charge in [-0.1, -0.05) is 36.3 Å². The van der Waals surface area contributed by atoms with Crippen molar-refractivity contribution in [3.63, 3.8) is 0 Å². The van der Waals surface area contributed by atoms with Crippen LogP contribution in [-0.2, 0) is 6.42 Å². The molecule has 0 heterocycles. The summed E-state index contributed by atoms with van der Waals surface area (Å²) < 4.78 is 0. The highest BCUT2D eigenvalue weighted by Gasteiger charge is 2.26. The molecular formula is C13H19N3O. The van der Waals surface area contributed by atoms with Gasteiger partial charge in [-0.2, -0.15) is 0 Å². The third-order valence-electron chi connectivity index (χ3n) is 3.40. The first-order valence-corrected chi connectivity index (χ1v) is 6.01. The van der Waals surface area contributed by atoms with Gasteiger partial charge in [-0.05, 0) is 24.1 Å². The Bertz CT molecular complexity index is 417. The summed E-state index contributed by atoms with van der Waals surface area (Å²) in [6.07, 6.45) is 1.14. The summed E-state index contributed by atoms with van der Waals surface area (Å²) in [5.41, 5.74) is 8.44. The van der Waals surface area contributed by atoms with Crippen LogP contribution in [0.4, 0.5) is 0 Å². The zero-order chi connectivity index (χ0) is 12.3. The quantitative estimate of drug-likeness (QED) is 0.350. The summed E-state index contributed by atoms with van der Waals surface area (Å²) in [6.45, 7) is 4.51. The molecule has 1 aromatic rings. The Morgan fingerprint density at radius 3 is 2.94 bits per heavy atom. The van der Waals surface area contributed by atoms with Gasteiger partial charge in [-0.25, -0.2) is 0 Å². The molecule has 0 amide bonds. The van der Waals surface area contributed by atoms with Crippen molar-refractivity contribution in [3.05, 3.63) is 35.4 Å². The summed E-state index contributed by atoms with van der Waals surface area (Å²) in [6, 6.07) is 8.56. The van der Waals surface area contributed by atoms with Gasteiger partial charge in [0, 0.05) is 12.5 Å². The number of nitrogens with two attached hydrogens (primary N) is 1. The Hall–Kier alpha value is -1.55.